The summed E-state index contributed by atoms with van der Waals surface area (Å²) in [4.78, 5) is 0. The summed E-state index contributed by atoms with van der Waals surface area (Å²) in [6, 6.07) is 4.02. The van der Waals surface area contributed by atoms with Gasteiger partial charge in [0.2, 0.25) is 0 Å². The van der Waals surface area contributed by atoms with Crippen molar-refractivity contribution >= 4 is 27.7 Å². The van der Waals surface area contributed by atoms with E-state index >= 15 is 0 Å². The fraction of sp³-hybridized carbons (Fsp3) is 0.538. The number of thioether (sulfide) groups is 1. The van der Waals surface area contributed by atoms with Gasteiger partial charge in [0.05, 0.1) is 19.6 Å². The van der Waals surface area contributed by atoms with Crippen LogP contribution >= 0.6 is 27.7 Å². The fourth-order valence-corrected chi connectivity index (χ4v) is 4.00. The van der Waals surface area contributed by atoms with Gasteiger partial charge in [-0.1, -0.05) is 22.9 Å². The first-order chi connectivity index (χ1) is 8.65. The predicted octanol–water partition coefficient (Wildman–Crippen LogP) is 3.58. The average Bonchev–Trinajstić information content (AvgIpc) is 2.38. The van der Waals surface area contributed by atoms with Crippen molar-refractivity contribution in [3.8, 4) is 11.5 Å². The third-order valence-electron chi connectivity index (χ3n) is 3.03. The number of benzene rings is 1. The first kappa shape index (κ1) is 14.0. The molecule has 1 saturated heterocycles. The molecule has 1 N–H and O–H groups in total. The van der Waals surface area contributed by atoms with Gasteiger partial charge in [0.15, 0.2) is 11.5 Å². The lowest BCUT2D eigenvalue weighted by Gasteiger charge is -2.29. The van der Waals surface area contributed by atoms with E-state index in [0.717, 1.165) is 22.5 Å². The smallest absolute Gasteiger partial charge is 0.161 e. The van der Waals surface area contributed by atoms with Gasteiger partial charge in [-0.15, -0.1) is 11.8 Å². The summed E-state index contributed by atoms with van der Waals surface area (Å²) in [5.41, 5.74) is 1.21. The number of nitrogens with one attached hydrogen (secondary N) is 1. The monoisotopic (exact) mass is 331 g/mol. The van der Waals surface area contributed by atoms with E-state index in [1.165, 1.54) is 12.0 Å². The van der Waals surface area contributed by atoms with E-state index in [1.807, 2.05) is 23.9 Å². The van der Waals surface area contributed by atoms with Crippen LogP contribution in [-0.4, -0.2) is 26.0 Å². The predicted molar refractivity (Wildman–Crippen MR) is 79.7 cm³/mol. The Kier molecular flexibility index (Phi) is 4.81. The van der Waals surface area contributed by atoms with Crippen molar-refractivity contribution < 1.29 is 9.47 Å². The lowest BCUT2D eigenvalue weighted by molar-refractivity contribution is 0.354. The molecule has 100 valence electrons. The van der Waals surface area contributed by atoms with Crippen molar-refractivity contribution in [3.63, 3.8) is 0 Å². The maximum atomic E-state index is 5.37. The van der Waals surface area contributed by atoms with Gasteiger partial charge >= 0.3 is 0 Å². The molecule has 0 amide bonds. The zero-order valence-corrected chi connectivity index (χ0v) is 13.2. The summed E-state index contributed by atoms with van der Waals surface area (Å²) in [6.07, 6.45) is 1.21. The summed E-state index contributed by atoms with van der Waals surface area (Å²) in [5, 5.41) is 4.52. The number of methoxy groups -OCH3 is 2. The molecular formula is C13H18BrNO2S. The molecule has 0 radical (unpaired) electrons. The third-order valence-corrected chi connectivity index (χ3v) is 5.11. The Bertz CT molecular complexity index is 428. The van der Waals surface area contributed by atoms with Crippen LogP contribution in [0.1, 0.15) is 24.3 Å². The molecule has 1 aliphatic rings. The molecule has 1 heterocycles. The van der Waals surface area contributed by atoms with Gasteiger partial charge in [0.1, 0.15) is 0 Å². The van der Waals surface area contributed by atoms with Gasteiger partial charge in [-0.3, -0.25) is 0 Å². The van der Waals surface area contributed by atoms with E-state index in [2.05, 4.69) is 28.2 Å². The number of ether oxygens (including phenoxy) is 2. The minimum absolute atomic E-state index is 0.308. The van der Waals surface area contributed by atoms with Crippen LogP contribution < -0.4 is 14.8 Å². The first-order valence-electron chi connectivity index (χ1n) is 5.96. The SMILES string of the molecule is COc1cc(Br)c(C2NCCC(C)S2)cc1OC. The molecule has 1 aromatic carbocycles. The molecule has 0 aromatic heterocycles. The summed E-state index contributed by atoms with van der Waals surface area (Å²) < 4.78 is 11.7. The maximum Gasteiger partial charge on any atom is 0.161 e. The van der Waals surface area contributed by atoms with Crippen LogP contribution in [0.25, 0.3) is 0 Å². The van der Waals surface area contributed by atoms with E-state index in [-0.39, 0.29) is 0 Å². The lowest BCUT2D eigenvalue weighted by atomic mass is 10.2. The number of halogens is 1. The Balaban J connectivity index is 2.32. The molecule has 1 aliphatic heterocycles. The summed E-state index contributed by atoms with van der Waals surface area (Å²) in [5.74, 6) is 1.53. The Labute approximate surface area is 121 Å². The zero-order valence-electron chi connectivity index (χ0n) is 10.8. The van der Waals surface area contributed by atoms with Crippen LogP contribution in [0.4, 0.5) is 0 Å². The summed E-state index contributed by atoms with van der Waals surface area (Å²) >= 11 is 5.57. The Morgan fingerprint density at radius 3 is 2.56 bits per heavy atom. The lowest BCUT2D eigenvalue weighted by Crippen LogP contribution is -2.29. The third kappa shape index (κ3) is 2.95. The zero-order chi connectivity index (χ0) is 13.1. The van der Waals surface area contributed by atoms with Crippen molar-refractivity contribution in [2.24, 2.45) is 0 Å². The van der Waals surface area contributed by atoms with Crippen molar-refractivity contribution in [1.29, 1.82) is 0 Å². The van der Waals surface area contributed by atoms with Crippen LogP contribution in [0.5, 0.6) is 11.5 Å². The van der Waals surface area contributed by atoms with E-state index in [4.69, 9.17) is 9.47 Å². The van der Waals surface area contributed by atoms with E-state index < -0.39 is 0 Å². The van der Waals surface area contributed by atoms with Gasteiger partial charge in [0, 0.05) is 9.72 Å². The molecule has 0 aliphatic carbocycles. The molecule has 0 saturated carbocycles. The second kappa shape index (κ2) is 6.17. The Morgan fingerprint density at radius 1 is 1.28 bits per heavy atom. The molecule has 1 aromatic rings. The van der Waals surface area contributed by atoms with E-state index in [0.29, 0.717) is 10.6 Å². The molecule has 0 bridgehead atoms. The molecule has 2 unspecified atom stereocenters. The van der Waals surface area contributed by atoms with Crippen LogP contribution in [0, 0.1) is 0 Å². The van der Waals surface area contributed by atoms with Gasteiger partial charge in [-0.25, -0.2) is 0 Å². The van der Waals surface area contributed by atoms with Crippen molar-refractivity contribution in [2.45, 2.75) is 24.0 Å². The molecule has 5 heteroatoms. The van der Waals surface area contributed by atoms with Gasteiger partial charge in [-0.05, 0) is 30.7 Å². The van der Waals surface area contributed by atoms with Gasteiger partial charge in [-0.2, -0.15) is 0 Å². The van der Waals surface area contributed by atoms with E-state index in [1.54, 1.807) is 14.2 Å². The van der Waals surface area contributed by atoms with E-state index in [9.17, 15) is 0 Å². The van der Waals surface area contributed by atoms with Crippen LogP contribution in [0.3, 0.4) is 0 Å². The van der Waals surface area contributed by atoms with Gasteiger partial charge < -0.3 is 14.8 Å². The largest absolute Gasteiger partial charge is 0.493 e. The Morgan fingerprint density at radius 2 is 1.94 bits per heavy atom. The molecule has 0 spiro atoms. The van der Waals surface area contributed by atoms with Crippen LogP contribution in [0.15, 0.2) is 16.6 Å². The fourth-order valence-electron chi connectivity index (χ4n) is 2.02. The number of rotatable bonds is 3. The standard InChI is InChI=1S/C13H18BrNO2S/c1-8-4-5-15-13(18-8)9-6-11(16-2)12(17-3)7-10(9)14/h6-8,13,15H,4-5H2,1-3H3. The highest BCUT2D eigenvalue weighted by Crippen LogP contribution is 2.42. The average molecular weight is 332 g/mol. The summed E-state index contributed by atoms with van der Waals surface area (Å²) in [7, 11) is 3.32. The highest BCUT2D eigenvalue weighted by molar-refractivity contribution is 9.10. The summed E-state index contributed by atoms with van der Waals surface area (Å²) in [6.45, 7) is 3.33. The van der Waals surface area contributed by atoms with Crippen LogP contribution in [0.2, 0.25) is 0 Å². The highest BCUT2D eigenvalue weighted by atomic mass is 79.9. The highest BCUT2D eigenvalue weighted by Gasteiger charge is 2.23. The molecular weight excluding hydrogens is 314 g/mol. The second-order valence-electron chi connectivity index (χ2n) is 4.30. The Hall–Kier alpha value is -0.390. The van der Waals surface area contributed by atoms with Crippen molar-refractivity contribution in [2.75, 3.05) is 20.8 Å². The molecule has 2 rings (SSSR count). The topological polar surface area (TPSA) is 30.5 Å². The second-order valence-corrected chi connectivity index (χ2v) is 6.70. The van der Waals surface area contributed by atoms with Gasteiger partial charge in [0.25, 0.3) is 0 Å². The molecule has 2 atom stereocenters. The minimum atomic E-state index is 0.308. The minimum Gasteiger partial charge on any atom is -0.493 e. The molecule has 3 nitrogen and oxygen atoms in total. The first-order valence-corrected chi connectivity index (χ1v) is 7.69. The normalized spacial score (nSPS) is 23.8. The van der Waals surface area contributed by atoms with Crippen molar-refractivity contribution in [1.82, 2.24) is 5.32 Å². The number of hydrogen-bond acceptors (Lipinski definition) is 4. The molecule has 1 fully saturated rings. The quantitative estimate of drug-likeness (QED) is 0.917. The maximum absolute atomic E-state index is 5.37. The van der Waals surface area contributed by atoms with Crippen LogP contribution in [-0.2, 0) is 0 Å². The molecule has 18 heavy (non-hydrogen) atoms. The van der Waals surface area contributed by atoms with Crippen molar-refractivity contribution in [3.05, 3.63) is 22.2 Å². The number of hydrogen-bond donors (Lipinski definition) is 1.